The average Bonchev–Trinajstić information content (AvgIpc) is 2.78. The number of nitrogens with zero attached hydrogens (tertiary/aromatic N) is 2. The Kier molecular flexibility index (Phi) is 5.74. The van der Waals surface area contributed by atoms with Crippen LogP contribution in [0.1, 0.15) is 19.4 Å². The quantitative estimate of drug-likeness (QED) is 0.580. The number of hydrogen-bond acceptors (Lipinski definition) is 5. The van der Waals surface area contributed by atoms with Crippen LogP contribution >= 0.6 is 0 Å². The highest BCUT2D eigenvalue weighted by atomic mass is 16.5. The molecule has 1 N–H and O–H groups in total. The molecule has 0 aliphatic carbocycles. The molecule has 1 aromatic carbocycles. The molecule has 1 aliphatic rings. The first-order valence-electron chi connectivity index (χ1n) is 7.91. The van der Waals surface area contributed by atoms with E-state index in [1.807, 2.05) is 13.8 Å². The Morgan fingerprint density at radius 1 is 1.12 bits per heavy atom. The minimum Gasteiger partial charge on any atom is -0.496 e. The van der Waals surface area contributed by atoms with Crippen LogP contribution < -0.4 is 10.1 Å². The SMILES string of the molecule is COc1ccccc1CNC(=O)CN1C(=O)C(=O)N(CC(C)C)C1=O. The van der Waals surface area contributed by atoms with Gasteiger partial charge in [-0.05, 0) is 12.0 Å². The Morgan fingerprint density at radius 2 is 1.76 bits per heavy atom. The standard InChI is InChI=1S/C17H21N3O5/c1-11(2)9-19-15(22)16(23)20(17(19)24)10-14(21)18-8-12-6-4-5-7-13(12)25-3/h4-7,11H,8-10H2,1-3H3,(H,18,21). The Balaban J connectivity index is 1.97. The van der Waals surface area contributed by atoms with E-state index >= 15 is 0 Å². The molecule has 1 saturated heterocycles. The first-order chi connectivity index (χ1) is 11.8. The van der Waals surface area contributed by atoms with E-state index in [1.54, 1.807) is 24.3 Å². The van der Waals surface area contributed by atoms with E-state index in [1.165, 1.54) is 7.11 Å². The monoisotopic (exact) mass is 347 g/mol. The molecule has 8 nitrogen and oxygen atoms in total. The van der Waals surface area contributed by atoms with Crippen LogP contribution in [0.25, 0.3) is 0 Å². The fourth-order valence-corrected chi connectivity index (χ4v) is 2.46. The van der Waals surface area contributed by atoms with Gasteiger partial charge in [-0.3, -0.25) is 19.3 Å². The predicted molar refractivity (Wildman–Crippen MR) is 88.5 cm³/mol. The molecule has 0 radical (unpaired) electrons. The van der Waals surface area contributed by atoms with Crippen molar-refractivity contribution >= 4 is 23.8 Å². The van der Waals surface area contributed by atoms with Crippen molar-refractivity contribution in [3.63, 3.8) is 0 Å². The van der Waals surface area contributed by atoms with Gasteiger partial charge in [0.05, 0.1) is 7.11 Å². The van der Waals surface area contributed by atoms with Gasteiger partial charge < -0.3 is 10.1 Å². The molecule has 1 aromatic rings. The number of carbonyl (C=O) groups is 4. The van der Waals surface area contributed by atoms with E-state index in [9.17, 15) is 19.2 Å². The fourth-order valence-electron chi connectivity index (χ4n) is 2.46. The molecule has 1 heterocycles. The van der Waals surface area contributed by atoms with E-state index in [0.29, 0.717) is 10.6 Å². The summed E-state index contributed by atoms with van der Waals surface area (Å²) >= 11 is 0. The second-order valence-corrected chi connectivity index (χ2v) is 6.07. The van der Waals surface area contributed by atoms with Crippen molar-refractivity contribution in [2.75, 3.05) is 20.2 Å². The summed E-state index contributed by atoms with van der Waals surface area (Å²) in [5.74, 6) is -1.75. The summed E-state index contributed by atoms with van der Waals surface area (Å²) in [7, 11) is 1.52. The summed E-state index contributed by atoms with van der Waals surface area (Å²) in [4.78, 5) is 49.6. The zero-order valence-electron chi connectivity index (χ0n) is 14.4. The van der Waals surface area contributed by atoms with E-state index in [4.69, 9.17) is 4.74 Å². The number of hydrogen-bond donors (Lipinski definition) is 1. The smallest absolute Gasteiger partial charge is 0.334 e. The van der Waals surface area contributed by atoms with Crippen molar-refractivity contribution in [3.05, 3.63) is 29.8 Å². The highest BCUT2D eigenvalue weighted by Crippen LogP contribution is 2.17. The molecule has 5 amide bonds. The summed E-state index contributed by atoms with van der Waals surface area (Å²) in [5, 5.41) is 2.62. The number of rotatable bonds is 7. The second-order valence-electron chi connectivity index (χ2n) is 6.07. The molecule has 8 heteroatoms. The van der Waals surface area contributed by atoms with Gasteiger partial charge in [0, 0.05) is 18.7 Å². The molecule has 1 aliphatic heterocycles. The van der Waals surface area contributed by atoms with Crippen molar-refractivity contribution in [2.45, 2.75) is 20.4 Å². The summed E-state index contributed by atoms with van der Waals surface area (Å²) < 4.78 is 5.19. The minimum absolute atomic E-state index is 0.0278. The molecular weight excluding hydrogens is 326 g/mol. The maximum absolute atomic E-state index is 12.2. The maximum atomic E-state index is 12.2. The Morgan fingerprint density at radius 3 is 2.40 bits per heavy atom. The highest BCUT2D eigenvalue weighted by Gasteiger charge is 2.45. The number of amides is 5. The number of para-hydroxylation sites is 1. The number of benzene rings is 1. The lowest BCUT2D eigenvalue weighted by atomic mass is 10.2. The summed E-state index contributed by atoms with van der Waals surface area (Å²) in [6.45, 7) is 3.49. The van der Waals surface area contributed by atoms with Crippen LogP contribution in [-0.2, 0) is 20.9 Å². The summed E-state index contributed by atoms with van der Waals surface area (Å²) in [6, 6.07) is 6.41. The van der Waals surface area contributed by atoms with E-state index in [0.717, 1.165) is 10.5 Å². The number of imide groups is 2. The molecule has 2 rings (SSSR count). The Bertz CT molecular complexity index is 701. The van der Waals surface area contributed by atoms with Crippen LogP contribution in [0.2, 0.25) is 0 Å². The molecule has 0 saturated carbocycles. The van der Waals surface area contributed by atoms with Crippen LogP contribution in [0.4, 0.5) is 4.79 Å². The van der Waals surface area contributed by atoms with Crippen molar-refractivity contribution in [1.29, 1.82) is 0 Å². The third kappa shape index (κ3) is 4.14. The largest absolute Gasteiger partial charge is 0.496 e. The van der Waals surface area contributed by atoms with Gasteiger partial charge in [-0.15, -0.1) is 0 Å². The van der Waals surface area contributed by atoms with Crippen molar-refractivity contribution < 1.29 is 23.9 Å². The molecule has 0 atom stereocenters. The number of urea groups is 1. The van der Waals surface area contributed by atoms with Gasteiger partial charge in [-0.2, -0.15) is 0 Å². The molecular formula is C17H21N3O5. The number of nitrogens with one attached hydrogen (secondary N) is 1. The lowest BCUT2D eigenvalue weighted by molar-refractivity contribution is -0.144. The topological polar surface area (TPSA) is 96.0 Å². The maximum Gasteiger partial charge on any atom is 0.334 e. The molecule has 134 valence electrons. The molecule has 0 bridgehead atoms. The van der Waals surface area contributed by atoms with E-state index < -0.39 is 30.3 Å². The molecule has 0 spiro atoms. The van der Waals surface area contributed by atoms with Crippen LogP contribution in [0, 0.1) is 5.92 Å². The minimum atomic E-state index is -0.974. The van der Waals surface area contributed by atoms with Crippen LogP contribution in [0.5, 0.6) is 5.75 Å². The van der Waals surface area contributed by atoms with Gasteiger partial charge in [0.25, 0.3) is 0 Å². The van der Waals surface area contributed by atoms with Gasteiger partial charge in [-0.25, -0.2) is 9.69 Å². The molecule has 1 fully saturated rings. The van der Waals surface area contributed by atoms with Gasteiger partial charge in [0.2, 0.25) is 5.91 Å². The van der Waals surface area contributed by atoms with Gasteiger partial charge >= 0.3 is 17.8 Å². The van der Waals surface area contributed by atoms with Gasteiger partial charge in [-0.1, -0.05) is 32.0 Å². The zero-order chi connectivity index (χ0) is 18.6. The van der Waals surface area contributed by atoms with E-state index in [2.05, 4.69) is 5.32 Å². The zero-order valence-corrected chi connectivity index (χ0v) is 14.4. The molecule has 25 heavy (non-hydrogen) atoms. The predicted octanol–water partition coefficient (Wildman–Crippen LogP) is 0.758. The Labute approximate surface area is 145 Å². The lowest BCUT2D eigenvalue weighted by Crippen LogP contribution is -2.41. The number of ether oxygens (including phenoxy) is 1. The molecule has 0 unspecified atom stereocenters. The molecule has 0 aromatic heterocycles. The van der Waals surface area contributed by atoms with Gasteiger partial charge in [0.1, 0.15) is 12.3 Å². The summed E-state index contributed by atoms with van der Waals surface area (Å²) in [6.07, 6.45) is 0. The van der Waals surface area contributed by atoms with Gasteiger partial charge in [0.15, 0.2) is 0 Å². The lowest BCUT2D eigenvalue weighted by Gasteiger charge is -2.17. The summed E-state index contributed by atoms with van der Waals surface area (Å²) in [5.41, 5.74) is 0.759. The van der Waals surface area contributed by atoms with Crippen LogP contribution in [0.3, 0.4) is 0 Å². The number of carbonyl (C=O) groups excluding carboxylic acids is 4. The fraction of sp³-hybridized carbons (Fsp3) is 0.412. The second kappa shape index (κ2) is 7.78. The van der Waals surface area contributed by atoms with Crippen LogP contribution in [-0.4, -0.2) is 53.8 Å². The third-order valence-corrected chi connectivity index (χ3v) is 3.65. The van der Waals surface area contributed by atoms with E-state index in [-0.39, 0.29) is 19.0 Å². The third-order valence-electron chi connectivity index (χ3n) is 3.65. The Hall–Kier alpha value is -2.90. The first-order valence-corrected chi connectivity index (χ1v) is 7.91. The highest BCUT2D eigenvalue weighted by molar-refractivity contribution is 6.45. The normalized spacial score (nSPS) is 14.5. The average molecular weight is 347 g/mol. The van der Waals surface area contributed by atoms with Crippen molar-refractivity contribution in [1.82, 2.24) is 15.1 Å². The number of methoxy groups -OCH3 is 1. The van der Waals surface area contributed by atoms with Crippen molar-refractivity contribution in [2.24, 2.45) is 5.92 Å². The first kappa shape index (κ1) is 18.4. The van der Waals surface area contributed by atoms with Crippen LogP contribution in [0.15, 0.2) is 24.3 Å². The van der Waals surface area contributed by atoms with Crippen molar-refractivity contribution in [3.8, 4) is 5.75 Å².